The van der Waals surface area contributed by atoms with E-state index in [1.807, 2.05) is 0 Å². The Bertz CT molecular complexity index is 211. The maximum absolute atomic E-state index is 3.84. The van der Waals surface area contributed by atoms with E-state index in [1.165, 1.54) is 38.5 Å². The van der Waals surface area contributed by atoms with Gasteiger partial charge in [-0.1, -0.05) is 19.4 Å². The minimum Gasteiger partial charge on any atom is -0.314 e. The molecule has 2 rings (SSSR count). The van der Waals surface area contributed by atoms with Gasteiger partial charge in [-0.05, 0) is 56.4 Å². The normalized spacial score (nSPS) is 35.7. The third-order valence-corrected chi connectivity index (χ3v) is 4.46. The van der Waals surface area contributed by atoms with Gasteiger partial charge in [0.05, 0.1) is 0 Å². The van der Waals surface area contributed by atoms with Gasteiger partial charge in [-0.15, -0.1) is 6.58 Å². The first-order valence-corrected chi connectivity index (χ1v) is 6.69. The van der Waals surface area contributed by atoms with Crippen molar-refractivity contribution in [2.75, 3.05) is 6.54 Å². The molecule has 86 valence electrons. The molecular weight excluding hydrogens is 182 g/mol. The lowest BCUT2D eigenvalue weighted by Gasteiger charge is -2.31. The van der Waals surface area contributed by atoms with Crippen LogP contribution in [0.3, 0.4) is 0 Å². The van der Waals surface area contributed by atoms with Gasteiger partial charge in [-0.3, -0.25) is 0 Å². The third kappa shape index (κ3) is 2.44. The van der Waals surface area contributed by atoms with E-state index in [0.29, 0.717) is 0 Å². The van der Waals surface area contributed by atoms with Crippen molar-refractivity contribution in [1.82, 2.24) is 5.32 Å². The highest BCUT2D eigenvalue weighted by Gasteiger charge is 2.42. The van der Waals surface area contributed by atoms with Crippen molar-refractivity contribution in [3.05, 3.63) is 12.7 Å². The largest absolute Gasteiger partial charge is 0.314 e. The molecule has 2 aliphatic carbocycles. The van der Waals surface area contributed by atoms with Crippen LogP contribution in [0.15, 0.2) is 12.7 Å². The smallest absolute Gasteiger partial charge is 0.0101 e. The molecule has 0 spiro atoms. The second-order valence-electron chi connectivity index (χ2n) is 5.37. The van der Waals surface area contributed by atoms with Gasteiger partial charge in [0.15, 0.2) is 0 Å². The van der Waals surface area contributed by atoms with E-state index < -0.39 is 0 Å². The van der Waals surface area contributed by atoms with E-state index >= 15 is 0 Å². The van der Waals surface area contributed by atoms with Crippen LogP contribution in [-0.2, 0) is 0 Å². The van der Waals surface area contributed by atoms with Crippen LogP contribution >= 0.6 is 0 Å². The summed E-state index contributed by atoms with van der Waals surface area (Å²) in [6.07, 6.45) is 10.6. The molecule has 2 saturated carbocycles. The van der Waals surface area contributed by atoms with Gasteiger partial charge in [0.2, 0.25) is 0 Å². The van der Waals surface area contributed by atoms with Gasteiger partial charge < -0.3 is 5.32 Å². The van der Waals surface area contributed by atoms with Crippen LogP contribution in [0.1, 0.15) is 45.4 Å². The van der Waals surface area contributed by atoms with Crippen LogP contribution < -0.4 is 5.32 Å². The highest BCUT2D eigenvalue weighted by atomic mass is 14.9. The topological polar surface area (TPSA) is 12.0 Å². The fourth-order valence-electron chi connectivity index (χ4n) is 3.81. The molecule has 2 bridgehead atoms. The van der Waals surface area contributed by atoms with Crippen molar-refractivity contribution in [2.45, 2.75) is 51.5 Å². The van der Waals surface area contributed by atoms with Crippen molar-refractivity contribution >= 4 is 0 Å². The maximum Gasteiger partial charge on any atom is 0.0101 e. The fraction of sp³-hybridized carbons (Fsp3) is 0.857. The first-order chi connectivity index (χ1) is 7.35. The van der Waals surface area contributed by atoms with Gasteiger partial charge in [-0.2, -0.15) is 0 Å². The molecule has 0 amide bonds. The number of fused-ring (bicyclic) bond motifs is 2. The van der Waals surface area contributed by atoms with Crippen molar-refractivity contribution < 1.29 is 0 Å². The fourth-order valence-corrected chi connectivity index (χ4v) is 3.81. The van der Waals surface area contributed by atoms with Crippen LogP contribution in [0.2, 0.25) is 0 Å². The van der Waals surface area contributed by atoms with Crippen LogP contribution in [0.4, 0.5) is 0 Å². The summed E-state index contributed by atoms with van der Waals surface area (Å²) < 4.78 is 0. The predicted octanol–water partition coefficient (Wildman–Crippen LogP) is 3.37. The van der Waals surface area contributed by atoms with E-state index in [9.17, 15) is 0 Å². The average molecular weight is 207 g/mol. The van der Waals surface area contributed by atoms with Crippen molar-refractivity contribution in [3.63, 3.8) is 0 Å². The molecule has 1 N–H and O–H groups in total. The summed E-state index contributed by atoms with van der Waals surface area (Å²) in [4.78, 5) is 0. The van der Waals surface area contributed by atoms with E-state index in [-0.39, 0.29) is 0 Å². The van der Waals surface area contributed by atoms with E-state index in [4.69, 9.17) is 0 Å². The summed E-state index contributed by atoms with van der Waals surface area (Å²) in [5, 5.41) is 3.70. The molecule has 2 fully saturated rings. The summed E-state index contributed by atoms with van der Waals surface area (Å²) in [6.45, 7) is 7.19. The Morgan fingerprint density at radius 1 is 1.40 bits per heavy atom. The monoisotopic (exact) mass is 207 g/mol. The van der Waals surface area contributed by atoms with Crippen molar-refractivity contribution in [3.8, 4) is 0 Å². The molecule has 2 aliphatic rings. The Labute approximate surface area is 94.3 Å². The summed E-state index contributed by atoms with van der Waals surface area (Å²) in [5.74, 6) is 3.09. The lowest BCUT2D eigenvalue weighted by Crippen LogP contribution is -2.38. The zero-order chi connectivity index (χ0) is 10.7. The molecule has 1 nitrogen and oxygen atoms in total. The summed E-state index contributed by atoms with van der Waals surface area (Å²) in [6, 6.07) is 0.767. The Kier molecular flexibility index (Phi) is 3.85. The van der Waals surface area contributed by atoms with Crippen LogP contribution in [-0.4, -0.2) is 12.6 Å². The summed E-state index contributed by atoms with van der Waals surface area (Å²) in [7, 11) is 0. The molecule has 0 heterocycles. The molecule has 0 radical (unpaired) electrons. The first-order valence-electron chi connectivity index (χ1n) is 6.69. The van der Waals surface area contributed by atoms with E-state index in [2.05, 4.69) is 24.9 Å². The lowest BCUT2D eigenvalue weighted by atomic mass is 9.81. The summed E-state index contributed by atoms with van der Waals surface area (Å²) >= 11 is 0. The lowest BCUT2D eigenvalue weighted by molar-refractivity contribution is 0.241. The maximum atomic E-state index is 3.84. The van der Waals surface area contributed by atoms with Crippen molar-refractivity contribution in [2.24, 2.45) is 17.8 Å². The minimum atomic E-state index is 0.767. The van der Waals surface area contributed by atoms with Crippen LogP contribution in [0, 0.1) is 17.8 Å². The van der Waals surface area contributed by atoms with Gasteiger partial charge in [0, 0.05) is 6.04 Å². The molecule has 4 unspecified atom stereocenters. The van der Waals surface area contributed by atoms with Crippen LogP contribution in [0.25, 0.3) is 0 Å². The van der Waals surface area contributed by atoms with Gasteiger partial charge >= 0.3 is 0 Å². The van der Waals surface area contributed by atoms with E-state index in [1.54, 1.807) is 0 Å². The molecule has 0 aromatic carbocycles. The van der Waals surface area contributed by atoms with Crippen LogP contribution in [0.5, 0.6) is 0 Å². The number of hydrogen-bond acceptors (Lipinski definition) is 1. The molecule has 0 saturated heterocycles. The zero-order valence-electron chi connectivity index (χ0n) is 10.0. The molecule has 0 aliphatic heterocycles. The molecular formula is C14H25N. The SMILES string of the molecule is C=CCCC(NCC)C1CC2CCC1C2. The summed E-state index contributed by atoms with van der Waals surface area (Å²) in [5.41, 5.74) is 0. The molecule has 4 atom stereocenters. The van der Waals surface area contributed by atoms with E-state index in [0.717, 1.165) is 30.3 Å². The molecule has 15 heavy (non-hydrogen) atoms. The minimum absolute atomic E-state index is 0.767. The first kappa shape index (κ1) is 11.2. The molecule has 1 heteroatoms. The number of hydrogen-bond donors (Lipinski definition) is 1. The Balaban J connectivity index is 1.89. The number of allylic oxidation sites excluding steroid dienone is 1. The number of rotatable bonds is 6. The Hall–Kier alpha value is -0.300. The van der Waals surface area contributed by atoms with Gasteiger partial charge in [-0.25, -0.2) is 0 Å². The highest BCUT2D eigenvalue weighted by Crippen LogP contribution is 2.50. The standard InChI is InChI=1S/C14H25N/c1-3-5-6-14(15-4-2)13-10-11-7-8-12(13)9-11/h3,11-15H,1,4-10H2,2H3. The predicted molar refractivity (Wildman–Crippen MR) is 65.8 cm³/mol. The highest BCUT2D eigenvalue weighted by molar-refractivity contribution is 4.95. The second kappa shape index (κ2) is 5.16. The number of nitrogens with one attached hydrogen (secondary N) is 1. The second-order valence-corrected chi connectivity index (χ2v) is 5.37. The molecule has 0 aromatic rings. The molecule has 0 aromatic heterocycles. The average Bonchev–Trinajstić information content (AvgIpc) is 2.85. The zero-order valence-corrected chi connectivity index (χ0v) is 10.0. The quantitative estimate of drug-likeness (QED) is 0.658. The Morgan fingerprint density at radius 3 is 2.80 bits per heavy atom. The van der Waals surface area contributed by atoms with Crippen molar-refractivity contribution in [1.29, 1.82) is 0 Å². The van der Waals surface area contributed by atoms with Gasteiger partial charge in [0.25, 0.3) is 0 Å². The third-order valence-electron chi connectivity index (χ3n) is 4.46. The Morgan fingerprint density at radius 2 is 2.27 bits per heavy atom. The van der Waals surface area contributed by atoms with Gasteiger partial charge in [0.1, 0.15) is 0 Å².